The van der Waals surface area contributed by atoms with Crippen molar-refractivity contribution in [1.82, 2.24) is 5.16 Å². The number of methoxy groups -OCH3 is 1. The van der Waals surface area contributed by atoms with E-state index in [0.717, 1.165) is 11.1 Å². The van der Waals surface area contributed by atoms with Crippen LogP contribution in [0, 0.1) is 20.8 Å². The van der Waals surface area contributed by atoms with Gasteiger partial charge in [0.25, 0.3) is 10.0 Å². The van der Waals surface area contributed by atoms with Gasteiger partial charge in [0.2, 0.25) is 0 Å². The molecule has 0 aliphatic carbocycles. The highest BCUT2D eigenvalue weighted by molar-refractivity contribution is 7.92. The fourth-order valence-electron chi connectivity index (χ4n) is 2.60. The van der Waals surface area contributed by atoms with Crippen LogP contribution in [-0.4, -0.2) is 20.7 Å². The lowest BCUT2D eigenvalue weighted by molar-refractivity contribution is 0.402. The van der Waals surface area contributed by atoms with Crippen LogP contribution in [0.2, 0.25) is 0 Å². The zero-order valence-corrected chi connectivity index (χ0v) is 15.8. The van der Waals surface area contributed by atoms with Gasteiger partial charge in [0.1, 0.15) is 10.6 Å². The Labute approximate surface area is 152 Å². The number of aryl methyl sites for hydroxylation is 2. The lowest BCUT2D eigenvalue weighted by Gasteiger charge is -2.15. The molecule has 0 amide bonds. The minimum absolute atomic E-state index is 0.0347. The third-order valence-corrected chi connectivity index (χ3v) is 5.60. The Morgan fingerprint density at radius 2 is 1.85 bits per heavy atom. The quantitative estimate of drug-likeness (QED) is 0.730. The van der Waals surface area contributed by atoms with Crippen molar-refractivity contribution >= 4 is 15.7 Å². The van der Waals surface area contributed by atoms with Crippen molar-refractivity contribution < 1.29 is 17.7 Å². The molecule has 1 N–H and O–H groups in total. The first kappa shape index (κ1) is 18.0. The topological polar surface area (TPSA) is 81.4 Å². The Morgan fingerprint density at radius 1 is 1.08 bits per heavy atom. The summed E-state index contributed by atoms with van der Waals surface area (Å²) in [4.78, 5) is 0.0347. The van der Waals surface area contributed by atoms with Crippen LogP contribution in [-0.2, 0) is 10.0 Å². The van der Waals surface area contributed by atoms with Crippen molar-refractivity contribution in [3.05, 3.63) is 59.3 Å². The molecule has 0 atom stereocenters. The molecule has 3 rings (SSSR count). The predicted octanol–water partition coefficient (Wildman–Crippen LogP) is 4.08. The van der Waals surface area contributed by atoms with Gasteiger partial charge in [-0.1, -0.05) is 17.3 Å². The Hall–Kier alpha value is -2.80. The molecule has 0 unspecified atom stereocenters. The van der Waals surface area contributed by atoms with Crippen LogP contribution >= 0.6 is 0 Å². The number of aromatic nitrogens is 1. The Kier molecular flexibility index (Phi) is 4.73. The Morgan fingerprint density at radius 3 is 2.50 bits per heavy atom. The maximum atomic E-state index is 13.0. The molecule has 26 heavy (non-hydrogen) atoms. The molecule has 0 spiro atoms. The van der Waals surface area contributed by atoms with Crippen LogP contribution < -0.4 is 9.46 Å². The maximum Gasteiger partial charge on any atom is 0.265 e. The molecule has 0 bridgehead atoms. The maximum absolute atomic E-state index is 13.0. The van der Waals surface area contributed by atoms with Crippen molar-refractivity contribution in [3.63, 3.8) is 0 Å². The van der Waals surface area contributed by atoms with Gasteiger partial charge in [0, 0.05) is 11.6 Å². The van der Waals surface area contributed by atoms with Gasteiger partial charge in [-0.05, 0) is 56.2 Å². The number of hydrogen-bond acceptors (Lipinski definition) is 5. The molecule has 6 nitrogen and oxygen atoms in total. The van der Waals surface area contributed by atoms with E-state index in [1.807, 2.05) is 26.0 Å². The number of rotatable bonds is 5. The van der Waals surface area contributed by atoms with E-state index in [4.69, 9.17) is 9.26 Å². The van der Waals surface area contributed by atoms with Crippen LogP contribution in [0.5, 0.6) is 5.75 Å². The van der Waals surface area contributed by atoms with Crippen LogP contribution in [0.3, 0.4) is 0 Å². The summed E-state index contributed by atoms with van der Waals surface area (Å²) in [5.41, 5.74) is 3.73. The SMILES string of the molecule is COc1ccc(-c2cc(C)no2)cc1S(=O)(=O)Nc1cccc(C)c1C. The first-order chi connectivity index (χ1) is 12.3. The highest BCUT2D eigenvalue weighted by Crippen LogP contribution is 2.32. The minimum atomic E-state index is -3.86. The van der Waals surface area contributed by atoms with Gasteiger partial charge in [-0.2, -0.15) is 0 Å². The zero-order chi connectivity index (χ0) is 18.9. The summed E-state index contributed by atoms with van der Waals surface area (Å²) >= 11 is 0. The highest BCUT2D eigenvalue weighted by Gasteiger charge is 2.22. The third-order valence-electron chi connectivity index (χ3n) is 4.21. The van der Waals surface area contributed by atoms with Crippen LogP contribution in [0.25, 0.3) is 11.3 Å². The number of ether oxygens (including phenoxy) is 1. The third kappa shape index (κ3) is 3.43. The summed E-state index contributed by atoms with van der Waals surface area (Å²) in [5, 5.41) is 3.85. The Bertz CT molecular complexity index is 1060. The molecule has 7 heteroatoms. The lowest BCUT2D eigenvalue weighted by Crippen LogP contribution is -2.15. The van der Waals surface area contributed by atoms with E-state index in [0.29, 0.717) is 22.7 Å². The number of nitrogens with one attached hydrogen (secondary N) is 1. The van der Waals surface area contributed by atoms with E-state index < -0.39 is 10.0 Å². The molecule has 3 aromatic rings. The number of nitrogens with zero attached hydrogens (tertiary/aromatic N) is 1. The van der Waals surface area contributed by atoms with Crippen molar-refractivity contribution in [2.24, 2.45) is 0 Å². The number of sulfonamides is 1. The zero-order valence-electron chi connectivity index (χ0n) is 15.0. The van der Waals surface area contributed by atoms with E-state index in [1.165, 1.54) is 13.2 Å². The summed E-state index contributed by atoms with van der Waals surface area (Å²) in [6, 6.07) is 12.1. The number of anilines is 1. The van der Waals surface area contributed by atoms with E-state index >= 15 is 0 Å². The van der Waals surface area contributed by atoms with Gasteiger partial charge < -0.3 is 9.26 Å². The second kappa shape index (κ2) is 6.84. The first-order valence-corrected chi connectivity index (χ1v) is 9.51. The highest BCUT2D eigenvalue weighted by atomic mass is 32.2. The number of hydrogen-bond donors (Lipinski definition) is 1. The Balaban J connectivity index is 2.07. The van der Waals surface area contributed by atoms with Gasteiger partial charge in [-0.3, -0.25) is 4.72 Å². The van der Waals surface area contributed by atoms with Crippen molar-refractivity contribution in [1.29, 1.82) is 0 Å². The largest absolute Gasteiger partial charge is 0.495 e. The van der Waals surface area contributed by atoms with Gasteiger partial charge in [0.05, 0.1) is 18.5 Å². The van der Waals surface area contributed by atoms with E-state index in [2.05, 4.69) is 9.88 Å². The van der Waals surface area contributed by atoms with Crippen molar-refractivity contribution in [2.75, 3.05) is 11.8 Å². The first-order valence-electron chi connectivity index (χ1n) is 8.02. The second-order valence-electron chi connectivity index (χ2n) is 6.05. The van der Waals surface area contributed by atoms with Crippen LogP contribution in [0.4, 0.5) is 5.69 Å². The summed E-state index contributed by atoms with van der Waals surface area (Å²) < 4.78 is 39.1. The van der Waals surface area contributed by atoms with Crippen molar-refractivity contribution in [3.8, 4) is 17.1 Å². The molecule has 136 valence electrons. The van der Waals surface area contributed by atoms with Crippen LogP contribution in [0.15, 0.2) is 51.9 Å². The van der Waals surface area contributed by atoms with Gasteiger partial charge >= 0.3 is 0 Å². The molecule has 0 radical (unpaired) electrons. The summed E-state index contributed by atoms with van der Waals surface area (Å²) in [6.45, 7) is 5.61. The molecular weight excluding hydrogens is 352 g/mol. The van der Waals surface area contributed by atoms with E-state index in [9.17, 15) is 8.42 Å². The molecule has 1 aromatic heterocycles. The summed E-state index contributed by atoms with van der Waals surface area (Å²) in [6.07, 6.45) is 0. The van der Waals surface area contributed by atoms with Gasteiger partial charge in [-0.15, -0.1) is 0 Å². The monoisotopic (exact) mass is 372 g/mol. The standard InChI is InChI=1S/C19H20N2O4S/c1-12-6-5-7-16(14(12)3)21-26(22,23)19-11-15(8-9-17(19)24-4)18-10-13(2)20-25-18/h5-11,21H,1-4H3. The molecule has 0 aliphatic heterocycles. The lowest BCUT2D eigenvalue weighted by atomic mass is 10.1. The predicted molar refractivity (Wildman–Crippen MR) is 100.0 cm³/mol. The van der Waals surface area contributed by atoms with Crippen LogP contribution in [0.1, 0.15) is 16.8 Å². The van der Waals surface area contributed by atoms with Gasteiger partial charge in [-0.25, -0.2) is 8.42 Å². The molecular formula is C19H20N2O4S. The van der Waals surface area contributed by atoms with E-state index in [-0.39, 0.29) is 10.6 Å². The molecule has 0 aliphatic rings. The smallest absolute Gasteiger partial charge is 0.265 e. The van der Waals surface area contributed by atoms with Gasteiger partial charge in [0.15, 0.2) is 5.76 Å². The molecule has 1 heterocycles. The van der Waals surface area contributed by atoms with E-state index in [1.54, 1.807) is 31.2 Å². The minimum Gasteiger partial charge on any atom is -0.495 e. The van der Waals surface area contributed by atoms with Crippen molar-refractivity contribution in [2.45, 2.75) is 25.7 Å². The fraction of sp³-hybridized carbons (Fsp3) is 0.211. The molecule has 0 fully saturated rings. The normalized spacial score (nSPS) is 11.4. The summed E-state index contributed by atoms with van der Waals surface area (Å²) in [7, 11) is -2.42. The second-order valence-corrected chi connectivity index (χ2v) is 7.70. The average Bonchev–Trinajstić information content (AvgIpc) is 3.04. The molecule has 2 aromatic carbocycles. The summed E-state index contributed by atoms with van der Waals surface area (Å²) in [5.74, 6) is 0.746. The molecule has 0 saturated heterocycles. The molecule has 0 saturated carbocycles. The average molecular weight is 372 g/mol. The number of benzene rings is 2. The fourth-order valence-corrected chi connectivity index (χ4v) is 3.92.